The lowest BCUT2D eigenvalue weighted by Gasteiger charge is -2.14. The van der Waals surface area contributed by atoms with E-state index in [1.807, 2.05) is 6.92 Å². The van der Waals surface area contributed by atoms with E-state index >= 15 is 0 Å². The molecular weight excluding hydrogens is 156 g/mol. The molecule has 0 spiro atoms. The Kier molecular flexibility index (Phi) is 3.94. The number of hydrogen-bond acceptors (Lipinski definition) is 4. The molecule has 1 aliphatic rings. The van der Waals surface area contributed by atoms with Crippen LogP contribution in [0.2, 0.25) is 0 Å². The topological polar surface area (TPSA) is 67.5 Å². The highest BCUT2D eigenvalue weighted by molar-refractivity contribution is 4.81. The predicted octanol–water partition coefficient (Wildman–Crippen LogP) is -0.927. The second kappa shape index (κ2) is 4.77. The summed E-state index contributed by atoms with van der Waals surface area (Å²) in [5.74, 6) is 0. The monoisotopic (exact) mass is 174 g/mol. The van der Waals surface area contributed by atoms with Crippen molar-refractivity contribution in [3.05, 3.63) is 0 Å². The normalized spacial score (nSPS) is 35.8. The summed E-state index contributed by atoms with van der Waals surface area (Å²) in [6, 6.07) is 0. The molecule has 0 aromatic carbocycles. The van der Waals surface area contributed by atoms with Crippen molar-refractivity contribution >= 4 is 0 Å². The first-order chi connectivity index (χ1) is 5.74. The molecule has 1 rings (SSSR count). The van der Waals surface area contributed by atoms with E-state index < -0.39 is 0 Å². The van der Waals surface area contributed by atoms with Crippen molar-refractivity contribution in [3.63, 3.8) is 0 Å². The van der Waals surface area contributed by atoms with Gasteiger partial charge in [0.2, 0.25) is 0 Å². The third kappa shape index (κ3) is 2.71. The summed E-state index contributed by atoms with van der Waals surface area (Å²) < 4.78 is 5.47. The number of nitrogens with one attached hydrogen (secondary N) is 1. The fraction of sp³-hybridized carbons (Fsp3) is 1.00. The maximum atomic E-state index is 9.46. The lowest BCUT2D eigenvalue weighted by molar-refractivity contribution is 0.0174. The standard InChI is InChI=1S/C8H18N2O2/c1-6-4-7(11)8(12-6)5-10-3-2-9/h6-8,10-11H,2-5,9H2,1H3/t6?,7-,8+/m0/s1. The Morgan fingerprint density at radius 2 is 2.42 bits per heavy atom. The van der Waals surface area contributed by atoms with Crippen molar-refractivity contribution < 1.29 is 9.84 Å². The molecule has 0 aromatic rings. The fourth-order valence-corrected chi connectivity index (χ4v) is 1.47. The van der Waals surface area contributed by atoms with E-state index in [1.165, 1.54) is 0 Å². The molecule has 4 N–H and O–H groups in total. The van der Waals surface area contributed by atoms with Crippen molar-refractivity contribution in [1.29, 1.82) is 0 Å². The number of aliphatic hydroxyl groups is 1. The SMILES string of the molecule is CC1C[C@H](O)[C@@H](CNCCN)O1. The van der Waals surface area contributed by atoms with Crippen LogP contribution in [0.1, 0.15) is 13.3 Å². The molecule has 1 heterocycles. The molecule has 12 heavy (non-hydrogen) atoms. The highest BCUT2D eigenvalue weighted by atomic mass is 16.5. The molecule has 1 unspecified atom stereocenters. The van der Waals surface area contributed by atoms with Crippen molar-refractivity contribution in [2.45, 2.75) is 31.7 Å². The molecular formula is C8H18N2O2. The third-order valence-corrected chi connectivity index (χ3v) is 2.08. The van der Waals surface area contributed by atoms with Crippen molar-refractivity contribution in [3.8, 4) is 0 Å². The van der Waals surface area contributed by atoms with Crippen LogP contribution in [0.4, 0.5) is 0 Å². The van der Waals surface area contributed by atoms with Crippen molar-refractivity contribution in [2.75, 3.05) is 19.6 Å². The summed E-state index contributed by atoms with van der Waals surface area (Å²) >= 11 is 0. The smallest absolute Gasteiger partial charge is 0.0962 e. The molecule has 72 valence electrons. The van der Waals surface area contributed by atoms with Crippen molar-refractivity contribution in [2.24, 2.45) is 5.73 Å². The average Bonchev–Trinajstić information content (AvgIpc) is 2.31. The van der Waals surface area contributed by atoms with Crippen LogP contribution in [0, 0.1) is 0 Å². The lowest BCUT2D eigenvalue weighted by atomic mass is 10.1. The number of ether oxygens (including phenoxy) is 1. The fourth-order valence-electron chi connectivity index (χ4n) is 1.47. The van der Waals surface area contributed by atoms with Crippen LogP contribution in [0.3, 0.4) is 0 Å². The maximum Gasteiger partial charge on any atom is 0.0962 e. The molecule has 0 aliphatic carbocycles. The molecule has 4 nitrogen and oxygen atoms in total. The zero-order chi connectivity index (χ0) is 8.97. The van der Waals surface area contributed by atoms with E-state index in [1.54, 1.807) is 0 Å². The molecule has 1 fully saturated rings. The lowest BCUT2D eigenvalue weighted by Crippen LogP contribution is -2.36. The van der Waals surface area contributed by atoms with Gasteiger partial charge in [0.15, 0.2) is 0 Å². The molecule has 0 radical (unpaired) electrons. The van der Waals surface area contributed by atoms with Gasteiger partial charge in [-0.05, 0) is 6.92 Å². The van der Waals surface area contributed by atoms with E-state index in [0.29, 0.717) is 13.1 Å². The Balaban J connectivity index is 2.15. The zero-order valence-corrected chi connectivity index (χ0v) is 7.49. The molecule has 4 heteroatoms. The number of nitrogens with two attached hydrogens (primary N) is 1. The first-order valence-electron chi connectivity index (χ1n) is 4.48. The Morgan fingerprint density at radius 3 is 2.92 bits per heavy atom. The van der Waals surface area contributed by atoms with E-state index in [4.69, 9.17) is 10.5 Å². The van der Waals surface area contributed by atoms with Gasteiger partial charge in [-0.25, -0.2) is 0 Å². The Labute approximate surface area is 73.1 Å². The van der Waals surface area contributed by atoms with Crippen LogP contribution >= 0.6 is 0 Å². The van der Waals surface area contributed by atoms with E-state index in [9.17, 15) is 5.11 Å². The molecule has 0 amide bonds. The third-order valence-electron chi connectivity index (χ3n) is 2.08. The van der Waals surface area contributed by atoms with Crippen LogP contribution in [0.25, 0.3) is 0 Å². The minimum absolute atomic E-state index is 0.0495. The predicted molar refractivity (Wildman–Crippen MR) is 46.9 cm³/mol. The molecule has 0 aromatic heterocycles. The Morgan fingerprint density at radius 1 is 1.67 bits per heavy atom. The average molecular weight is 174 g/mol. The summed E-state index contributed by atoms with van der Waals surface area (Å²) in [7, 11) is 0. The van der Waals surface area contributed by atoms with Gasteiger partial charge in [0.25, 0.3) is 0 Å². The molecule has 0 saturated carbocycles. The Hall–Kier alpha value is -0.160. The van der Waals surface area contributed by atoms with Crippen LogP contribution in [0.15, 0.2) is 0 Å². The maximum absolute atomic E-state index is 9.46. The summed E-state index contributed by atoms with van der Waals surface area (Å²) in [5.41, 5.74) is 5.31. The molecule has 1 aliphatic heterocycles. The summed E-state index contributed by atoms with van der Waals surface area (Å²) in [5, 5.41) is 12.6. The van der Waals surface area contributed by atoms with Crippen LogP contribution in [-0.2, 0) is 4.74 Å². The summed E-state index contributed by atoms with van der Waals surface area (Å²) in [6.45, 7) is 4.08. The first kappa shape index (κ1) is 9.92. The quantitative estimate of drug-likeness (QED) is 0.482. The second-order valence-electron chi connectivity index (χ2n) is 3.28. The van der Waals surface area contributed by atoms with Crippen molar-refractivity contribution in [1.82, 2.24) is 5.32 Å². The van der Waals surface area contributed by atoms with Gasteiger partial charge < -0.3 is 20.9 Å². The summed E-state index contributed by atoms with van der Waals surface area (Å²) in [4.78, 5) is 0. The number of rotatable bonds is 4. The largest absolute Gasteiger partial charge is 0.390 e. The van der Waals surface area contributed by atoms with E-state index in [0.717, 1.165) is 13.0 Å². The molecule has 0 bridgehead atoms. The Bertz CT molecular complexity index is 132. The van der Waals surface area contributed by atoms with Gasteiger partial charge in [-0.15, -0.1) is 0 Å². The van der Waals surface area contributed by atoms with Gasteiger partial charge >= 0.3 is 0 Å². The van der Waals surface area contributed by atoms with Gasteiger partial charge in [-0.1, -0.05) is 0 Å². The molecule has 3 atom stereocenters. The van der Waals surface area contributed by atoms with E-state index in [2.05, 4.69) is 5.32 Å². The highest BCUT2D eigenvalue weighted by Gasteiger charge is 2.30. The number of aliphatic hydroxyl groups excluding tert-OH is 1. The second-order valence-corrected chi connectivity index (χ2v) is 3.28. The van der Waals surface area contributed by atoms with E-state index in [-0.39, 0.29) is 18.3 Å². The van der Waals surface area contributed by atoms with Crippen LogP contribution in [0.5, 0.6) is 0 Å². The zero-order valence-electron chi connectivity index (χ0n) is 7.49. The minimum atomic E-state index is -0.315. The number of hydrogen-bond donors (Lipinski definition) is 3. The highest BCUT2D eigenvalue weighted by Crippen LogP contribution is 2.18. The summed E-state index contributed by atoms with van der Waals surface area (Å²) in [6.07, 6.45) is 0.566. The molecule has 1 saturated heterocycles. The van der Waals surface area contributed by atoms with Gasteiger partial charge in [-0.3, -0.25) is 0 Å². The van der Waals surface area contributed by atoms with Crippen LogP contribution in [-0.4, -0.2) is 43.1 Å². The van der Waals surface area contributed by atoms with Crippen LogP contribution < -0.4 is 11.1 Å². The van der Waals surface area contributed by atoms with Gasteiger partial charge in [-0.2, -0.15) is 0 Å². The van der Waals surface area contributed by atoms with Gasteiger partial charge in [0.1, 0.15) is 0 Å². The first-order valence-corrected chi connectivity index (χ1v) is 4.48. The minimum Gasteiger partial charge on any atom is -0.390 e. The van der Waals surface area contributed by atoms with Gasteiger partial charge in [0.05, 0.1) is 18.3 Å². The van der Waals surface area contributed by atoms with Gasteiger partial charge in [0, 0.05) is 26.1 Å².